The molecule has 0 aliphatic carbocycles. The summed E-state index contributed by atoms with van der Waals surface area (Å²) in [7, 11) is 1.64. The summed E-state index contributed by atoms with van der Waals surface area (Å²) in [4.78, 5) is 34.7. The number of hydrogen-bond donors (Lipinski definition) is 1. The number of pyridine rings is 1. The minimum Gasteiger partial charge on any atom is -0.391 e. The zero-order chi connectivity index (χ0) is 17.3. The average Bonchev–Trinajstić information content (AvgIpc) is 2.94. The molecule has 3 heterocycles. The quantitative estimate of drug-likeness (QED) is 0.867. The van der Waals surface area contributed by atoms with Crippen molar-refractivity contribution >= 4 is 5.91 Å². The molecule has 2 aromatic heterocycles. The molecule has 0 unspecified atom stereocenters. The SMILES string of the molecule is Cc1ccc(C(=O)N2C[C@@H](Cc3cnccn3)[C@H](O)C2)c(=O)n1C. The predicted molar refractivity (Wildman–Crippen MR) is 87.6 cm³/mol. The van der Waals surface area contributed by atoms with E-state index in [4.69, 9.17) is 0 Å². The maximum Gasteiger partial charge on any atom is 0.263 e. The summed E-state index contributed by atoms with van der Waals surface area (Å²) in [6.07, 6.45) is 4.77. The number of aliphatic hydroxyl groups is 1. The van der Waals surface area contributed by atoms with Crippen LogP contribution in [-0.4, -0.2) is 49.6 Å². The molecule has 1 aliphatic heterocycles. The van der Waals surface area contributed by atoms with Gasteiger partial charge in [-0.15, -0.1) is 0 Å². The largest absolute Gasteiger partial charge is 0.391 e. The van der Waals surface area contributed by atoms with Crippen LogP contribution in [-0.2, 0) is 13.5 Å². The number of likely N-dealkylation sites (tertiary alicyclic amines) is 1. The number of rotatable bonds is 3. The lowest BCUT2D eigenvalue weighted by molar-refractivity contribution is 0.0762. The van der Waals surface area contributed by atoms with Crippen molar-refractivity contribution in [3.05, 3.63) is 58.0 Å². The number of β-amino-alcohol motifs (C(OH)–C–C–N with tert-alkyl or cyclic N) is 1. The Balaban J connectivity index is 1.76. The van der Waals surface area contributed by atoms with E-state index in [0.29, 0.717) is 13.0 Å². The maximum absolute atomic E-state index is 12.6. The monoisotopic (exact) mass is 328 g/mol. The molecule has 2 aromatic rings. The molecular formula is C17H20N4O3. The first kappa shape index (κ1) is 16.3. The van der Waals surface area contributed by atoms with Crippen LogP contribution in [0, 0.1) is 12.8 Å². The highest BCUT2D eigenvalue weighted by Gasteiger charge is 2.35. The van der Waals surface area contributed by atoms with E-state index >= 15 is 0 Å². The van der Waals surface area contributed by atoms with Crippen molar-refractivity contribution in [1.82, 2.24) is 19.4 Å². The van der Waals surface area contributed by atoms with E-state index in [0.717, 1.165) is 11.4 Å². The lowest BCUT2D eigenvalue weighted by Crippen LogP contribution is -2.35. The van der Waals surface area contributed by atoms with E-state index in [9.17, 15) is 14.7 Å². The number of carbonyl (C=O) groups excluding carboxylic acids is 1. The van der Waals surface area contributed by atoms with Crippen molar-refractivity contribution in [2.45, 2.75) is 19.4 Å². The third kappa shape index (κ3) is 3.07. The van der Waals surface area contributed by atoms with Crippen LogP contribution in [0.25, 0.3) is 0 Å². The van der Waals surface area contributed by atoms with Gasteiger partial charge in [-0.1, -0.05) is 0 Å². The molecule has 2 atom stereocenters. The van der Waals surface area contributed by atoms with E-state index in [1.807, 2.05) is 6.92 Å². The molecule has 0 bridgehead atoms. The summed E-state index contributed by atoms with van der Waals surface area (Å²) in [6, 6.07) is 3.31. The van der Waals surface area contributed by atoms with Crippen molar-refractivity contribution in [1.29, 1.82) is 0 Å². The normalized spacial score (nSPS) is 20.4. The average molecular weight is 328 g/mol. The molecule has 0 radical (unpaired) electrons. The second kappa shape index (κ2) is 6.52. The van der Waals surface area contributed by atoms with Crippen LogP contribution in [0.2, 0.25) is 0 Å². The summed E-state index contributed by atoms with van der Waals surface area (Å²) >= 11 is 0. The molecule has 0 aromatic carbocycles. The highest BCUT2D eigenvalue weighted by Crippen LogP contribution is 2.21. The van der Waals surface area contributed by atoms with Gasteiger partial charge in [-0.05, 0) is 25.5 Å². The van der Waals surface area contributed by atoms with Gasteiger partial charge in [-0.25, -0.2) is 0 Å². The predicted octanol–water partition coefficient (Wildman–Crippen LogP) is 0.159. The zero-order valence-electron chi connectivity index (χ0n) is 13.7. The Labute approximate surface area is 139 Å². The molecule has 24 heavy (non-hydrogen) atoms. The number of nitrogens with zero attached hydrogens (tertiary/aromatic N) is 4. The van der Waals surface area contributed by atoms with Gasteiger partial charge in [0.1, 0.15) is 5.56 Å². The molecule has 1 amide bonds. The van der Waals surface area contributed by atoms with Crippen LogP contribution in [0.5, 0.6) is 0 Å². The highest BCUT2D eigenvalue weighted by atomic mass is 16.3. The molecule has 1 saturated heterocycles. The summed E-state index contributed by atoms with van der Waals surface area (Å²) < 4.78 is 1.46. The maximum atomic E-state index is 12.6. The van der Waals surface area contributed by atoms with Gasteiger partial charge in [-0.2, -0.15) is 0 Å². The third-order valence-corrected chi connectivity index (χ3v) is 4.57. The Morgan fingerprint density at radius 2 is 2.12 bits per heavy atom. The van der Waals surface area contributed by atoms with Gasteiger partial charge >= 0.3 is 0 Å². The standard InChI is InChI=1S/C17H20N4O3/c1-11-3-4-14(16(23)20(11)2)17(24)21-9-12(15(22)10-21)7-13-8-18-5-6-19-13/h3-6,8,12,15,22H,7,9-10H2,1-2H3/t12-,15-/m1/s1. The number of carbonyl (C=O) groups is 1. The Morgan fingerprint density at radius 1 is 1.33 bits per heavy atom. The fraction of sp³-hybridized carbons (Fsp3) is 0.412. The van der Waals surface area contributed by atoms with Gasteiger partial charge in [0.25, 0.3) is 11.5 Å². The van der Waals surface area contributed by atoms with Crippen molar-refractivity contribution in [2.24, 2.45) is 13.0 Å². The van der Waals surface area contributed by atoms with E-state index in [2.05, 4.69) is 9.97 Å². The Bertz CT molecular complexity index is 803. The topological polar surface area (TPSA) is 88.3 Å². The molecule has 0 spiro atoms. The smallest absolute Gasteiger partial charge is 0.263 e. The van der Waals surface area contributed by atoms with Crippen molar-refractivity contribution < 1.29 is 9.90 Å². The first-order valence-electron chi connectivity index (χ1n) is 7.86. The molecule has 0 saturated carbocycles. The number of aliphatic hydroxyl groups excluding tert-OH is 1. The molecule has 126 valence electrons. The Kier molecular flexibility index (Phi) is 4.44. The van der Waals surface area contributed by atoms with Crippen LogP contribution in [0.15, 0.2) is 35.5 Å². The minimum absolute atomic E-state index is 0.111. The van der Waals surface area contributed by atoms with Crippen LogP contribution in [0.3, 0.4) is 0 Å². The molecule has 7 heteroatoms. The van der Waals surface area contributed by atoms with Gasteiger partial charge in [0.2, 0.25) is 0 Å². The lowest BCUT2D eigenvalue weighted by atomic mass is 10.0. The second-order valence-corrected chi connectivity index (χ2v) is 6.19. The number of aryl methyl sites for hydroxylation is 1. The number of amides is 1. The molecule has 1 aliphatic rings. The highest BCUT2D eigenvalue weighted by molar-refractivity contribution is 5.94. The summed E-state index contributed by atoms with van der Waals surface area (Å²) in [5.74, 6) is -0.448. The van der Waals surface area contributed by atoms with Crippen LogP contribution < -0.4 is 5.56 Å². The van der Waals surface area contributed by atoms with Crippen LogP contribution in [0.4, 0.5) is 0 Å². The number of hydrogen-bond acceptors (Lipinski definition) is 5. The summed E-state index contributed by atoms with van der Waals surface area (Å²) in [5, 5.41) is 10.3. The van der Waals surface area contributed by atoms with Gasteiger partial charge in [0.15, 0.2) is 0 Å². The van der Waals surface area contributed by atoms with Crippen molar-refractivity contribution in [3.63, 3.8) is 0 Å². The molecule has 7 nitrogen and oxygen atoms in total. The zero-order valence-corrected chi connectivity index (χ0v) is 13.7. The van der Waals surface area contributed by atoms with Gasteiger partial charge < -0.3 is 14.6 Å². The minimum atomic E-state index is -0.634. The van der Waals surface area contributed by atoms with Crippen molar-refractivity contribution in [3.8, 4) is 0 Å². The summed E-state index contributed by atoms with van der Waals surface area (Å²) in [6.45, 7) is 2.43. The fourth-order valence-electron chi connectivity index (χ4n) is 2.99. The van der Waals surface area contributed by atoms with E-state index in [1.165, 1.54) is 9.47 Å². The van der Waals surface area contributed by atoms with Gasteiger partial charge in [0.05, 0.1) is 11.8 Å². The molecular weight excluding hydrogens is 308 g/mol. The lowest BCUT2D eigenvalue weighted by Gasteiger charge is -2.16. The molecule has 3 rings (SSSR count). The van der Waals surface area contributed by atoms with Crippen LogP contribution >= 0.6 is 0 Å². The fourth-order valence-corrected chi connectivity index (χ4v) is 2.99. The first-order valence-corrected chi connectivity index (χ1v) is 7.86. The van der Waals surface area contributed by atoms with Crippen LogP contribution in [0.1, 0.15) is 21.7 Å². The third-order valence-electron chi connectivity index (χ3n) is 4.57. The van der Waals surface area contributed by atoms with E-state index in [-0.39, 0.29) is 29.5 Å². The Morgan fingerprint density at radius 3 is 2.83 bits per heavy atom. The number of aromatic nitrogens is 3. The first-order chi connectivity index (χ1) is 11.5. The Hall–Kier alpha value is -2.54. The molecule has 1 N–H and O–H groups in total. The molecule has 1 fully saturated rings. The second-order valence-electron chi connectivity index (χ2n) is 6.19. The summed E-state index contributed by atoms with van der Waals surface area (Å²) in [5.41, 5.74) is 1.39. The van der Waals surface area contributed by atoms with E-state index < -0.39 is 6.10 Å². The van der Waals surface area contributed by atoms with Gasteiger partial charge in [-0.3, -0.25) is 19.6 Å². The van der Waals surface area contributed by atoms with E-state index in [1.54, 1.807) is 37.8 Å². The van der Waals surface area contributed by atoms with Gasteiger partial charge in [0, 0.05) is 50.3 Å². The van der Waals surface area contributed by atoms with Crippen molar-refractivity contribution in [2.75, 3.05) is 13.1 Å².